The van der Waals surface area contributed by atoms with Crippen molar-refractivity contribution in [2.45, 2.75) is 31.3 Å². The van der Waals surface area contributed by atoms with Gasteiger partial charge in [0.15, 0.2) is 0 Å². The van der Waals surface area contributed by atoms with Crippen LogP contribution in [0.25, 0.3) is 0 Å². The largest absolute Gasteiger partial charge is 0.336 e. The maximum absolute atomic E-state index is 13.1. The van der Waals surface area contributed by atoms with Crippen molar-refractivity contribution in [3.05, 3.63) is 71.5 Å². The molecule has 0 radical (unpaired) electrons. The Balaban J connectivity index is 1.69. The molecule has 0 saturated carbocycles. The number of carbonyl (C=O) groups excluding carboxylic acids is 1. The van der Waals surface area contributed by atoms with E-state index in [1.807, 2.05) is 35.2 Å². The predicted octanol–water partition coefficient (Wildman–Crippen LogP) is 3.58. The molecule has 1 saturated heterocycles. The highest BCUT2D eigenvalue weighted by Crippen LogP contribution is 2.33. The fourth-order valence-electron chi connectivity index (χ4n) is 3.22. The second kappa shape index (κ2) is 6.92. The summed E-state index contributed by atoms with van der Waals surface area (Å²) in [5.41, 5.74) is 8.13. The molecule has 0 spiro atoms. The molecule has 1 aliphatic rings. The number of hydrogen-bond acceptors (Lipinski definition) is 2. The van der Waals surface area contributed by atoms with Crippen molar-refractivity contribution in [3.8, 4) is 0 Å². The van der Waals surface area contributed by atoms with Crippen LogP contribution >= 0.6 is 0 Å². The third-order valence-corrected chi connectivity index (χ3v) is 4.45. The fourth-order valence-corrected chi connectivity index (χ4v) is 3.22. The summed E-state index contributed by atoms with van der Waals surface area (Å²) in [6, 6.07) is 15.9. The molecule has 3 nitrogen and oxygen atoms in total. The first-order valence-corrected chi connectivity index (χ1v) is 8.00. The first kappa shape index (κ1) is 15.7. The smallest absolute Gasteiger partial charge is 0.224 e. The minimum atomic E-state index is -0.293. The molecule has 23 heavy (non-hydrogen) atoms. The van der Waals surface area contributed by atoms with Gasteiger partial charge in [0.1, 0.15) is 5.82 Å². The highest BCUT2D eigenvalue weighted by atomic mass is 19.1. The molecule has 4 heteroatoms. The van der Waals surface area contributed by atoms with Crippen molar-refractivity contribution in [1.29, 1.82) is 0 Å². The van der Waals surface area contributed by atoms with Crippen molar-refractivity contribution >= 4 is 5.91 Å². The van der Waals surface area contributed by atoms with E-state index in [4.69, 9.17) is 5.73 Å². The Labute approximate surface area is 135 Å². The topological polar surface area (TPSA) is 46.3 Å². The Bertz CT molecular complexity index is 657. The van der Waals surface area contributed by atoms with Gasteiger partial charge in [0.2, 0.25) is 5.91 Å². The van der Waals surface area contributed by atoms with Crippen LogP contribution in [-0.2, 0) is 4.79 Å². The third-order valence-electron chi connectivity index (χ3n) is 4.45. The number of carbonyl (C=O) groups is 1. The second-order valence-electron chi connectivity index (χ2n) is 6.02. The average molecular weight is 312 g/mol. The lowest BCUT2D eigenvalue weighted by atomic mass is 10.0. The van der Waals surface area contributed by atoms with Gasteiger partial charge in [-0.15, -0.1) is 0 Å². The summed E-state index contributed by atoms with van der Waals surface area (Å²) in [7, 11) is 0. The minimum absolute atomic E-state index is 0.0334. The van der Waals surface area contributed by atoms with Gasteiger partial charge < -0.3 is 10.6 Å². The van der Waals surface area contributed by atoms with Crippen LogP contribution < -0.4 is 5.73 Å². The number of nitrogens with two attached hydrogens (primary N) is 1. The summed E-state index contributed by atoms with van der Waals surface area (Å²) in [4.78, 5) is 14.5. The van der Waals surface area contributed by atoms with Gasteiger partial charge in [-0.05, 0) is 36.1 Å². The summed E-state index contributed by atoms with van der Waals surface area (Å²) in [5.74, 6) is -0.191. The quantitative estimate of drug-likeness (QED) is 0.938. The van der Waals surface area contributed by atoms with E-state index in [1.54, 1.807) is 12.1 Å². The van der Waals surface area contributed by atoms with Gasteiger partial charge in [-0.3, -0.25) is 4.79 Å². The Morgan fingerprint density at radius 3 is 2.57 bits per heavy atom. The predicted molar refractivity (Wildman–Crippen MR) is 88.1 cm³/mol. The van der Waals surface area contributed by atoms with Gasteiger partial charge in [0, 0.05) is 19.0 Å². The van der Waals surface area contributed by atoms with E-state index in [9.17, 15) is 9.18 Å². The van der Waals surface area contributed by atoms with E-state index >= 15 is 0 Å². The second-order valence-corrected chi connectivity index (χ2v) is 6.02. The Morgan fingerprint density at radius 1 is 1.17 bits per heavy atom. The number of rotatable bonds is 4. The van der Waals surface area contributed by atoms with Gasteiger partial charge in [-0.25, -0.2) is 4.39 Å². The molecule has 2 aromatic rings. The molecule has 1 fully saturated rings. The molecular weight excluding hydrogens is 291 g/mol. The molecule has 2 N–H and O–H groups in total. The highest BCUT2D eigenvalue weighted by Gasteiger charge is 2.30. The summed E-state index contributed by atoms with van der Waals surface area (Å²) in [5, 5.41) is 0. The number of likely N-dealkylation sites (tertiary alicyclic amines) is 1. The van der Waals surface area contributed by atoms with Crippen LogP contribution in [0.5, 0.6) is 0 Å². The number of hydrogen-bond donors (Lipinski definition) is 1. The van der Waals surface area contributed by atoms with E-state index in [0.717, 1.165) is 30.5 Å². The maximum Gasteiger partial charge on any atom is 0.224 e. The molecule has 1 heterocycles. The molecule has 1 amide bonds. The van der Waals surface area contributed by atoms with Crippen LogP contribution in [-0.4, -0.2) is 17.4 Å². The van der Waals surface area contributed by atoms with Gasteiger partial charge >= 0.3 is 0 Å². The van der Waals surface area contributed by atoms with Crippen molar-refractivity contribution in [2.24, 2.45) is 5.73 Å². The first-order valence-electron chi connectivity index (χ1n) is 8.00. The summed E-state index contributed by atoms with van der Waals surface area (Å²) >= 11 is 0. The molecule has 2 aromatic carbocycles. The van der Waals surface area contributed by atoms with Crippen LogP contribution in [0, 0.1) is 5.82 Å². The number of benzene rings is 2. The van der Waals surface area contributed by atoms with E-state index in [1.165, 1.54) is 12.1 Å². The molecular formula is C19H21FN2O. The molecule has 1 aliphatic heterocycles. The normalized spacial score (nSPS) is 18.9. The van der Waals surface area contributed by atoms with Crippen molar-refractivity contribution in [2.75, 3.05) is 6.54 Å². The Kier molecular flexibility index (Phi) is 4.72. The van der Waals surface area contributed by atoms with Crippen molar-refractivity contribution < 1.29 is 9.18 Å². The van der Waals surface area contributed by atoms with E-state index in [-0.39, 0.29) is 23.8 Å². The van der Waals surface area contributed by atoms with E-state index in [2.05, 4.69) is 0 Å². The van der Waals surface area contributed by atoms with Crippen LogP contribution in [0.3, 0.4) is 0 Å². The zero-order chi connectivity index (χ0) is 16.2. The van der Waals surface area contributed by atoms with Gasteiger partial charge in [-0.1, -0.05) is 42.5 Å². The van der Waals surface area contributed by atoms with Crippen LogP contribution in [0.1, 0.15) is 42.5 Å². The lowest BCUT2D eigenvalue weighted by Gasteiger charge is -2.26. The molecule has 3 rings (SSSR count). The number of halogens is 1. The summed E-state index contributed by atoms with van der Waals surface area (Å²) < 4.78 is 13.1. The maximum atomic E-state index is 13.1. The molecule has 0 bridgehead atoms. The zero-order valence-corrected chi connectivity index (χ0v) is 13.0. The van der Waals surface area contributed by atoms with E-state index in [0.29, 0.717) is 6.42 Å². The average Bonchev–Trinajstić information content (AvgIpc) is 3.06. The standard InChI is InChI=1S/C19H21FN2O/c20-16-10-8-15(9-11-16)18-7-4-12-22(18)19(23)13-17(21)14-5-2-1-3-6-14/h1-3,5-6,8-11,17-18H,4,7,12-13,21H2/t17-,18+/m1/s1. The number of amides is 1. The van der Waals surface area contributed by atoms with Crippen molar-refractivity contribution in [3.63, 3.8) is 0 Å². The molecule has 2 atom stereocenters. The van der Waals surface area contributed by atoms with Crippen LogP contribution in [0.2, 0.25) is 0 Å². The Hall–Kier alpha value is -2.20. The van der Waals surface area contributed by atoms with Gasteiger partial charge in [0.25, 0.3) is 0 Å². The number of nitrogens with zero attached hydrogens (tertiary/aromatic N) is 1. The molecule has 0 aromatic heterocycles. The molecule has 120 valence electrons. The lowest BCUT2D eigenvalue weighted by molar-refractivity contribution is -0.132. The molecule has 0 unspecified atom stereocenters. The first-order chi connectivity index (χ1) is 11.1. The van der Waals surface area contributed by atoms with Crippen LogP contribution in [0.15, 0.2) is 54.6 Å². The minimum Gasteiger partial charge on any atom is -0.336 e. The van der Waals surface area contributed by atoms with E-state index < -0.39 is 0 Å². The monoisotopic (exact) mass is 312 g/mol. The third kappa shape index (κ3) is 3.59. The summed E-state index contributed by atoms with van der Waals surface area (Å²) in [6.45, 7) is 0.738. The zero-order valence-electron chi connectivity index (χ0n) is 13.0. The summed E-state index contributed by atoms with van der Waals surface area (Å²) in [6.07, 6.45) is 2.17. The van der Waals surface area contributed by atoms with Gasteiger partial charge in [0.05, 0.1) is 6.04 Å². The highest BCUT2D eigenvalue weighted by molar-refractivity contribution is 5.78. The molecule has 0 aliphatic carbocycles. The SMILES string of the molecule is N[C@H](CC(=O)N1CCC[C@H]1c1ccc(F)cc1)c1ccccc1. The van der Waals surface area contributed by atoms with Crippen LogP contribution in [0.4, 0.5) is 4.39 Å². The van der Waals surface area contributed by atoms with Crippen molar-refractivity contribution in [1.82, 2.24) is 4.90 Å². The fraction of sp³-hybridized carbons (Fsp3) is 0.316. The van der Waals surface area contributed by atoms with Gasteiger partial charge in [-0.2, -0.15) is 0 Å². The lowest BCUT2D eigenvalue weighted by Crippen LogP contribution is -2.33. The Morgan fingerprint density at radius 2 is 1.87 bits per heavy atom.